The molecule has 2 heteroatoms. The Bertz CT molecular complexity index is 558. The van der Waals surface area contributed by atoms with E-state index >= 15 is 0 Å². The number of hydrogen-bond acceptors (Lipinski definition) is 2. The van der Waals surface area contributed by atoms with Gasteiger partial charge in [0.2, 0.25) is 0 Å². The highest BCUT2D eigenvalue weighted by molar-refractivity contribution is 7.19. The van der Waals surface area contributed by atoms with E-state index in [1.165, 1.54) is 20.5 Å². The molecular formula is C15H18OS. The first-order valence-corrected chi connectivity index (χ1v) is 6.71. The summed E-state index contributed by atoms with van der Waals surface area (Å²) in [4.78, 5) is 13.3. The number of carbonyl (C=O) groups is 1. The van der Waals surface area contributed by atoms with Gasteiger partial charge < -0.3 is 0 Å². The van der Waals surface area contributed by atoms with Gasteiger partial charge in [-0.1, -0.05) is 39.0 Å². The molecule has 1 aromatic carbocycles. The minimum Gasteiger partial charge on any atom is -0.299 e. The number of Topliss-reactive ketones (excluding diaryl/α,β-unsaturated/α-hetero) is 1. The first-order chi connectivity index (χ1) is 7.89. The van der Waals surface area contributed by atoms with Crippen LogP contribution < -0.4 is 0 Å². The molecule has 0 bridgehead atoms. The molecule has 17 heavy (non-hydrogen) atoms. The molecule has 0 fully saturated rings. The van der Waals surface area contributed by atoms with Crippen LogP contribution in [-0.2, 0) is 11.2 Å². The number of rotatable bonds is 2. The SMILES string of the molecule is Cc1c(CC(=O)C(C)(C)C)sc2ccccc12. The Morgan fingerprint density at radius 3 is 2.47 bits per heavy atom. The van der Waals surface area contributed by atoms with Crippen molar-refractivity contribution in [2.45, 2.75) is 34.1 Å². The van der Waals surface area contributed by atoms with E-state index < -0.39 is 0 Å². The number of hydrogen-bond donors (Lipinski definition) is 0. The molecule has 1 heterocycles. The number of thiophene rings is 1. The average Bonchev–Trinajstić information content (AvgIpc) is 2.55. The van der Waals surface area contributed by atoms with Gasteiger partial charge in [0.05, 0.1) is 0 Å². The standard InChI is InChI=1S/C15H18OS/c1-10-11-7-5-6-8-12(11)17-13(10)9-14(16)15(2,3)4/h5-8H,9H2,1-4H3. The highest BCUT2D eigenvalue weighted by atomic mass is 32.1. The zero-order valence-corrected chi connectivity index (χ0v) is 11.6. The van der Waals surface area contributed by atoms with Crippen molar-refractivity contribution in [1.29, 1.82) is 0 Å². The van der Waals surface area contributed by atoms with Crippen molar-refractivity contribution in [2.75, 3.05) is 0 Å². The molecule has 0 saturated carbocycles. The van der Waals surface area contributed by atoms with Crippen molar-refractivity contribution in [2.24, 2.45) is 5.41 Å². The van der Waals surface area contributed by atoms with Crippen LogP contribution in [0, 0.1) is 12.3 Å². The molecule has 0 atom stereocenters. The number of carbonyl (C=O) groups excluding carboxylic acids is 1. The van der Waals surface area contributed by atoms with Crippen LogP contribution >= 0.6 is 11.3 Å². The van der Waals surface area contributed by atoms with Crippen molar-refractivity contribution < 1.29 is 4.79 Å². The fraction of sp³-hybridized carbons (Fsp3) is 0.400. The van der Waals surface area contributed by atoms with Crippen LogP contribution in [0.3, 0.4) is 0 Å². The fourth-order valence-corrected chi connectivity index (χ4v) is 3.01. The van der Waals surface area contributed by atoms with E-state index in [9.17, 15) is 4.79 Å². The molecule has 0 amide bonds. The Balaban J connectivity index is 2.37. The van der Waals surface area contributed by atoms with E-state index in [2.05, 4.69) is 25.1 Å². The topological polar surface area (TPSA) is 17.1 Å². The predicted molar refractivity (Wildman–Crippen MR) is 74.7 cm³/mol. The van der Waals surface area contributed by atoms with Gasteiger partial charge in [0, 0.05) is 21.4 Å². The summed E-state index contributed by atoms with van der Waals surface area (Å²) in [7, 11) is 0. The lowest BCUT2D eigenvalue weighted by atomic mass is 9.88. The third-order valence-corrected chi connectivity index (χ3v) is 4.37. The van der Waals surface area contributed by atoms with Crippen LogP contribution in [0.4, 0.5) is 0 Å². The second-order valence-electron chi connectivity index (χ2n) is 5.50. The second-order valence-corrected chi connectivity index (χ2v) is 6.63. The van der Waals surface area contributed by atoms with Crippen molar-refractivity contribution in [3.63, 3.8) is 0 Å². The van der Waals surface area contributed by atoms with Gasteiger partial charge in [-0.3, -0.25) is 4.79 Å². The molecular weight excluding hydrogens is 228 g/mol. The Labute approximate surface area is 106 Å². The maximum atomic E-state index is 12.1. The summed E-state index contributed by atoms with van der Waals surface area (Å²) >= 11 is 1.75. The minimum atomic E-state index is -0.247. The molecule has 1 aromatic heterocycles. The van der Waals surface area contributed by atoms with Crippen LogP contribution in [0.15, 0.2) is 24.3 Å². The van der Waals surface area contributed by atoms with Crippen LogP contribution in [-0.4, -0.2) is 5.78 Å². The lowest BCUT2D eigenvalue weighted by Gasteiger charge is -2.15. The van der Waals surface area contributed by atoms with E-state index in [-0.39, 0.29) is 5.41 Å². The number of ketones is 1. The smallest absolute Gasteiger partial charge is 0.143 e. The average molecular weight is 246 g/mol. The summed E-state index contributed by atoms with van der Waals surface area (Å²) in [5, 5.41) is 1.29. The van der Waals surface area contributed by atoms with Gasteiger partial charge in [-0.2, -0.15) is 0 Å². The summed E-state index contributed by atoms with van der Waals surface area (Å²) < 4.78 is 1.28. The zero-order valence-electron chi connectivity index (χ0n) is 10.8. The largest absolute Gasteiger partial charge is 0.299 e. The summed E-state index contributed by atoms with van der Waals surface area (Å²) in [6.45, 7) is 8.07. The van der Waals surface area contributed by atoms with E-state index in [0.29, 0.717) is 12.2 Å². The van der Waals surface area contributed by atoms with Gasteiger partial charge in [0.25, 0.3) is 0 Å². The highest BCUT2D eigenvalue weighted by Gasteiger charge is 2.22. The molecule has 0 unspecified atom stereocenters. The summed E-state index contributed by atoms with van der Waals surface area (Å²) in [5.74, 6) is 0.312. The molecule has 2 aromatic rings. The molecule has 0 saturated heterocycles. The van der Waals surface area contributed by atoms with E-state index in [1.807, 2.05) is 26.8 Å². The summed E-state index contributed by atoms with van der Waals surface area (Å²) in [6.07, 6.45) is 0.564. The lowest BCUT2D eigenvalue weighted by molar-refractivity contribution is -0.125. The predicted octanol–water partition coefficient (Wildman–Crippen LogP) is 4.37. The Kier molecular flexibility index (Phi) is 3.09. The number of fused-ring (bicyclic) bond motifs is 1. The van der Waals surface area contributed by atoms with E-state index in [1.54, 1.807) is 11.3 Å². The third-order valence-electron chi connectivity index (χ3n) is 3.10. The van der Waals surface area contributed by atoms with Gasteiger partial charge in [0.15, 0.2) is 0 Å². The second kappa shape index (κ2) is 4.26. The van der Waals surface area contributed by atoms with Gasteiger partial charge in [-0.15, -0.1) is 11.3 Å². The maximum absolute atomic E-state index is 12.1. The maximum Gasteiger partial charge on any atom is 0.143 e. The molecule has 0 aliphatic heterocycles. The molecule has 0 radical (unpaired) electrons. The quantitative estimate of drug-likeness (QED) is 0.769. The van der Waals surface area contributed by atoms with E-state index in [0.717, 1.165) is 0 Å². The highest BCUT2D eigenvalue weighted by Crippen LogP contribution is 2.32. The van der Waals surface area contributed by atoms with Gasteiger partial charge in [0.1, 0.15) is 5.78 Å². The molecule has 0 aliphatic carbocycles. The minimum absolute atomic E-state index is 0.247. The molecule has 2 rings (SSSR count). The van der Waals surface area contributed by atoms with Gasteiger partial charge >= 0.3 is 0 Å². The first-order valence-electron chi connectivity index (χ1n) is 5.90. The fourth-order valence-electron chi connectivity index (χ4n) is 1.80. The van der Waals surface area contributed by atoms with Crippen LogP contribution in [0.2, 0.25) is 0 Å². The van der Waals surface area contributed by atoms with E-state index in [4.69, 9.17) is 0 Å². The first kappa shape index (κ1) is 12.3. The Hall–Kier alpha value is -1.15. The normalized spacial score (nSPS) is 12.0. The van der Waals surface area contributed by atoms with Crippen molar-refractivity contribution in [3.05, 3.63) is 34.7 Å². The summed E-state index contributed by atoms with van der Waals surface area (Å²) in [6, 6.07) is 8.36. The molecule has 0 N–H and O–H groups in total. The van der Waals surface area contributed by atoms with Gasteiger partial charge in [-0.05, 0) is 23.9 Å². The number of aryl methyl sites for hydroxylation is 1. The van der Waals surface area contributed by atoms with Crippen molar-refractivity contribution >= 4 is 27.2 Å². The summed E-state index contributed by atoms with van der Waals surface area (Å²) in [5.41, 5.74) is 1.02. The van der Waals surface area contributed by atoms with Crippen LogP contribution in [0.1, 0.15) is 31.2 Å². The monoisotopic (exact) mass is 246 g/mol. The molecule has 1 nitrogen and oxygen atoms in total. The third kappa shape index (κ3) is 2.42. The van der Waals surface area contributed by atoms with Crippen LogP contribution in [0.25, 0.3) is 10.1 Å². The Morgan fingerprint density at radius 2 is 1.88 bits per heavy atom. The van der Waals surface area contributed by atoms with Crippen LogP contribution in [0.5, 0.6) is 0 Å². The van der Waals surface area contributed by atoms with Gasteiger partial charge in [-0.25, -0.2) is 0 Å². The lowest BCUT2D eigenvalue weighted by Crippen LogP contribution is -2.21. The van der Waals surface area contributed by atoms with Crippen molar-refractivity contribution in [1.82, 2.24) is 0 Å². The molecule has 90 valence electrons. The molecule has 0 aliphatic rings. The number of benzene rings is 1. The zero-order chi connectivity index (χ0) is 12.6. The molecule has 0 spiro atoms. The van der Waals surface area contributed by atoms with Crippen molar-refractivity contribution in [3.8, 4) is 0 Å². The Morgan fingerprint density at radius 1 is 1.24 bits per heavy atom.